The number of nitrogens with one attached hydrogen (secondary N) is 2. The quantitative estimate of drug-likeness (QED) is 0.718. The summed E-state index contributed by atoms with van der Waals surface area (Å²) in [4.78, 5) is 11.6. The number of ether oxygens (including phenoxy) is 1. The first-order valence-corrected chi connectivity index (χ1v) is 6.31. The molecule has 108 valence electrons. The lowest BCUT2D eigenvalue weighted by Gasteiger charge is -2.06. The fourth-order valence-electron chi connectivity index (χ4n) is 1.48. The molecule has 0 unspecified atom stereocenters. The van der Waals surface area contributed by atoms with Gasteiger partial charge in [0.25, 0.3) is 0 Å². The largest absolute Gasteiger partial charge is 0.383 e. The lowest BCUT2D eigenvalue weighted by Crippen LogP contribution is -2.33. The molecular weight excluding hydrogens is 287 g/mol. The van der Waals surface area contributed by atoms with E-state index in [9.17, 15) is 4.79 Å². The van der Waals surface area contributed by atoms with E-state index in [4.69, 9.17) is 16.3 Å². The second-order valence-electron chi connectivity index (χ2n) is 3.90. The zero-order valence-corrected chi connectivity index (χ0v) is 12.5. The number of halogens is 2. The first-order chi connectivity index (χ1) is 8.72. The Morgan fingerprint density at radius 3 is 2.79 bits per heavy atom. The summed E-state index contributed by atoms with van der Waals surface area (Å²) in [6.45, 7) is 2.82. The molecule has 1 aromatic carbocycles. The van der Waals surface area contributed by atoms with Crippen LogP contribution in [-0.2, 0) is 16.0 Å². The Morgan fingerprint density at radius 1 is 1.32 bits per heavy atom. The minimum Gasteiger partial charge on any atom is -0.383 e. The van der Waals surface area contributed by atoms with Gasteiger partial charge >= 0.3 is 0 Å². The average molecular weight is 307 g/mol. The van der Waals surface area contributed by atoms with Crippen molar-refractivity contribution in [3.8, 4) is 0 Å². The maximum atomic E-state index is 11.6. The third kappa shape index (κ3) is 8.83. The predicted octanol–water partition coefficient (Wildman–Crippen LogP) is 1.66. The van der Waals surface area contributed by atoms with E-state index in [-0.39, 0.29) is 18.3 Å². The van der Waals surface area contributed by atoms with Crippen LogP contribution in [0.5, 0.6) is 0 Å². The minimum absolute atomic E-state index is 0. The van der Waals surface area contributed by atoms with Crippen molar-refractivity contribution in [3.63, 3.8) is 0 Å². The van der Waals surface area contributed by atoms with Gasteiger partial charge in [-0.25, -0.2) is 0 Å². The molecule has 19 heavy (non-hydrogen) atoms. The Bertz CT molecular complexity index is 375. The van der Waals surface area contributed by atoms with Crippen LogP contribution in [0.25, 0.3) is 0 Å². The number of carbonyl (C=O) groups is 1. The summed E-state index contributed by atoms with van der Waals surface area (Å²) in [6, 6.07) is 7.33. The molecule has 0 bridgehead atoms. The van der Waals surface area contributed by atoms with Crippen LogP contribution in [0.1, 0.15) is 5.56 Å². The number of methoxy groups -OCH3 is 1. The second kappa shape index (κ2) is 11.1. The van der Waals surface area contributed by atoms with Gasteiger partial charge in [-0.05, 0) is 17.7 Å². The van der Waals surface area contributed by atoms with Crippen molar-refractivity contribution in [2.75, 3.05) is 33.4 Å². The summed E-state index contributed by atoms with van der Waals surface area (Å²) < 4.78 is 4.90. The number of benzene rings is 1. The van der Waals surface area contributed by atoms with Crippen LogP contribution in [0.3, 0.4) is 0 Å². The van der Waals surface area contributed by atoms with Gasteiger partial charge in [-0.2, -0.15) is 0 Å². The molecule has 0 aliphatic heterocycles. The lowest BCUT2D eigenvalue weighted by molar-refractivity contribution is -0.120. The molecule has 2 N–H and O–H groups in total. The highest BCUT2D eigenvalue weighted by molar-refractivity contribution is 6.30. The summed E-state index contributed by atoms with van der Waals surface area (Å²) in [6.07, 6.45) is 0.360. The highest BCUT2D eigenvalue weighted by Gasteiger charge is 2.02. The van der Waals surface area contributed by atoms with Gasteiger partial charge in [0.1, 0.15) is 0 Å². The first kappa shape index (κ1) is 18.2. The van der Waals surface area contributed by atoms with E-state index in [1.54, 1.807) is 19.2 Å². The minimum atomic E-state index is 0. The van der Waals surface area contributed by atoms with Gasteiger partial charge in [-0.15, -0.1) is 12.4 Å². The van der Waals surface area contributed by atoms with Gasteiger partial charge in [0.15, 0.2) is 0 Å². The van der Waals surface area contributed by atoms with E-state index in [2.05, 4.69) is 10.6 Å². The molecule has 0 aliphatic carbocycles. The SMILES string of the molecule is COCCNCCNC(=O)Cc1cccc(Cl)c1.Cl. The molecule has 0 atom stereocenters. The maximum absolute atomic E-state index is 11.6. The van der Waals surface area contributed by atoms with E-state index in [1.807, 2.05) is 12.1 Å². The van der Waals surface area contributed by atoms with Crippen LogP contribution < -0.4 is 10.6 Å². The van der Waals surface area contributed by atoms with Gasteiger partial charge in [0.05, 0.1) is 13.0 Å². The van der Waals surface area contributed by atoms with E-state index < -0.39 is 0 Å². The van der Waals surface area contributed by atoms with E-state index in [0.29, 0.717) is 24.6 Å². The fraction of sp³-hybridized carbons (Fsp3) is 0.462. The van der Waals surface area contributed by atoms with Crippen LogP contribution in [-0.4, -0.2) is 39.3 Å². The van der Waals surface area contributed by atoms with Crippen molar-refractivity contribution >= 4 is 29.9 Å². The van der Waals surface area contributed by atoms with Gasteiger partial charge in [-0.1, -0.05) is 23.7 Å². The normalized spacial score (nSPS) is 9.79. The molecule has 0 radical (unpaired) electrons. The third-order valence-corrected chi connectivity index (χ3v) is 2.60. The van der Waals surface area contributed by atoms with Crippen molar-refractivity contribution in [2.45, 2.75) is 6.42 Å². The van der Waals surface area contributed by atoms with E-state index in [0.717, 1.165) is 18.7 Å². The van der Waals surface area contributed by atoms with Gasteiger partial charge in [0, 0.05) is 31.8 Å². The van der Waals surface area contributed by atoms with Crippen LogP contribution in [0.2, 0.25) is 5.02 Å². The van der Waals surface area contributed by atoms with Gasteiger partial charge in [0.2, 0.25) is 5.91 Å². The summed E-state index contributed by atoms with van der Waals surface area (Å²) in [5, 5.41) is 6.65. The van der Waals surface area contributed by atoms with Crippen LogP contribution in [0.15, 0.2) is 24.3 Å². The number of hydrogen-bond donors (Lipinski definition) is 2. The molecule has 0 saturated heterocycles. The number of amides is 1. The van der Waals surface area contributed by atoms with Crippen LogP contribution >= 0.6 is 24.0 Å². The number of hydrogen-bond acceptors (Lipinski definition) is 3. The Kier molecular flexibility index (Phi) is 10.6. The Hall–Kier alpha value is -0.810. The Balaban J connectivity index is 0.00000324. The predicted molar refractivity (Wildman–Crippen MR) is 80.2 cm³/mol. The van der Waals surface area contributed by atoms with Crippen molar-refractivity contribution in [1.82, 2.24) is 10.6 Å². The average Bonchev–Trinajstić information content (AvgIpc) is 2.33. The molecule has 0 heterocycles. The molecule has 1 rings (SSSR count). The third-order valence-electron chi connectivity index (χ3n) is 2.36. The van der Waals surface area contributed by atoms with Crippen LogP contribution in [0, 0.1) is 0 Å². The van der Waals surface area contributed by atoms with E-state index >= 15 is 0 Å². The lowest BCUT2D eigenvalue weighted by atomic mass is 10.1. The van der Waals surface area contributed by atoms with Crippen molar-refractivity contribution < 1.29 is 9.53 Å². The Morgan fingerprint density at radius 2 is 2.11 bits per heavy atom. The van der Waals surface area contributed by atoms with Gasteiger partial charge < -0.3 is 15.4 Å². The van der Waals surface area contributed by atoms with Crippen LogP contribution in [0.4, 0.5) is 0 Å². The molecule has 1 amide bonds. The van der Waals surface area contributed by atoms with Crippen molar-refractivity contribution in [3.05, 3.63) is 34.9 Å². The topological polar surface area (TPSA) is 50.4 Å². The molecule has 0 aromatic heterocycles. The molecule has 0 fully saturated rings. The second-order valence-corrected chi connectivity index (χ2v) is 4.34. The smallest absolute Gasteiger partial charge is 0.224 e. The van der Waals surface area contributed by atoms with Crippen molar-refractivity contribution in [2.24, 2.45) is 0 Å². The molecule has 0 aliphatic rings. The summed E-state index contributed by atoms with van der Waals surface area (Å²) >= 11 is 5.85. The molecule has 0 saturated carbocycles. The highest BCUT2D eigenvalue weighted by atomic mass is 35.5. The monoisotopic (exact) mass is 306 g/mol. The number of carbonyl (C=O) groups excluding carboxylic acids is 1. The van der Waals surface area contributed by atoms with Crippen molar-refractivity contribution in [1.29, 1.82) is 0 Å². The van der Waals surface area contributed by atoms with Gasteiger partial charge in [-0.3, -0.25) is 4.79 Å². The maximum Gasteiger partial charge on any atom is 0.224 e. The molecule has 4 nitrogen and oxygen atoms in total. The molecular formula is C13H20Cl2N2O2. The zero-order chi connectivity index (χ0) is 13.2. The number of rotatable bonds is 8. The Labute approximate surface area is 125 Å². The zero-order valence-electron chi connectivity index (χ0n) is 10.9. The fourth-order valence-corrected chi connectivity index (χ4v) is 1.70. The molecule has 1 aromatic rings. The summed E-state index contributed by atoms with van der Waals surface area (Å²) in [7, 11) is 1.66. The molecule has 6 heteroatoms. The van der Waals surface area contributed by atoms with E-state index in [1.165, 1.54) is 0 Å². The standard InChI is InChI=1S/C13H19ClN2O2.ClH/c1-18-8-7-15-5-6-16-13(17)10-11-3-2-4-12(14)9-11;/h2-4,9,15H,5-8,10H2,1H3,(H,16,17);1H. The highest BCUT2D eigenvalue weighted by Crippen LogP contribution is 2.10. The molecule has 0 spiro atoms. The summed E-state index contributed by atoms with van der Waals surface area (Å²) in [5.41, 5.74) is 0.923. The first-order valence-electron chi connectivity index (χ1n) is 5.93. The summed E-state index contributed by atoms with van der Waals surface area (Å²) in [5.74, 6) is 0.00538.